The van der Waals surface area contributed by atoms with Crippen LogP contribution in [0.2, 0.25) is 0 Å². The molecule has 0 N–H and O–H groups in total. The second kappa shape index (κ2) is 11.3. The van der Waals surface area contributed by atoms with Crippen LogP contribution in [0.25, 0.3) is 0 Å². The van der Waals surface area contributed by atoms with Crippen molar-refractivity contribution in [3.63, 3.8) is 0 Å². The van der Waals surface area contributed by atoms with Crippen LogP contribution in [0.4, 0.5) is 28.9 Å². The fourth-order valence-electron chi connectivity index (χ4n) is 4.68. The minimum absolute atomic E-state index is 0.000112. The summed E-state index contributed by atoms with van der Waals surface area (Å²) in [6.45, 7) is 4.93. The summed E-state index contributed by atoms with van der Waals surface area (Å²) in [7, 11) is 1.39. The van der Waals surface area contributed by atoms with E-state index in [0.717, 1.165) is 31.0 Å². The number of nitriles is 1. The maximum absolute atomic E-state index is 15.3. The lowest BCUT2D eigenvalue weighted by Crippen LogP contribution is -2.54. The molecule has 0 saturated heterocycles. The molecule has 0 aromatic heterocycles. The van der Waals surface area contributed by atoms with Gasteiger partial charge in [0, 0.05) is 18.4 Å². The smallest absolute Gasteiger partial charge is 0.417 e. The molecule has 39 heavy (non-hydrogen) atoms. The second-order valence-electron chi connectivity index (χ2n) is 10.1. The molecule has 208 valence electrons. The molecule has 0 unspecified atom stereocenters. The first-order chi connectivity index (χ1) is 18.2. The van der Waals surface area contributed by atoms with Crippen molar-refractivity contribution >= 4 is 41.0 Å². The number of carbonyl (C=O) groups is 2. The summed E-state index contributed by atoms with van der Waals surface area (Å²) >= 11 is 5.56. The van der Waals surface area contributed by atoms with Crippen LogP contribution in [0.5, 0.6) is 0 Å². The molecule has 0 spiro atoms. The summed E-state index contributed by atoms with van der Waals surface area (Å²) in [5.74, 6) is -1.68. The van der Waals surface area contributed by atoms with Crippen molar-refractivity contribution < 1.29 is 31.9 Å². The van der Waals surface area contributed by atoms with Gasteiger partial charge in [0.1, 0.15) is 17.7 Å². The Kier molecular flexibility index (Phi) is 8.70. The van der Waals surface area contributed by atoms with E-state index in [2.05, 4.69) is 0 Å². The standard InChI is InChI=1S/C28H29F4N3O3S/c1-5-27(12-6-7-13-27)38-24(37)21-11-10-20(15-23(21)29)35(26(2,3)17-36)25(39)34(4)19-9-8-18(16-33)22(14-19)28(30,31)32/h8-11,14-15,17H,5-7,12-13H2,1-4H3. The van der Waals surface area contributed by atoms with Crippen molar-refractivity contribution in [3.8, 4) is 6.07 Å². The molecule has 3 rings (SSSR count). The summed E-state index contributed by atoms with van der Waals surface area (Å²) in [5, 5.41) is 8.97. The number of carbonyl (C=O) groups excluding carboxylic acids is 2. The number of alkyl halides is 3. The van der Waals surface area contributed by atoms with Gasteiger partial charge in [0.25, 0.3) is 0 Å². The van der Waals surface area contributed by atoms with Crippen molar-refractivity contribution in [2.75, 3.05) is 16.8 Å². The Morgan fingerprint density at radius 1 is 1.15 bits per heavy atom. The molecule has 6 nitrogen and oxygen atoms in total. The highest BCUT2D eigenvalue weighted by atomic mass is 32.1. The molecule has 11 heteroatoms. The number of anilines is 2. The topological polar surface area (TPSA) is 73.6 Å². The Hall–Kier alpha value is -3.52. The van der Waals surface area contributed by atoms with E-state index >= 15 is 4.39 Å². The quantitative estimate of drug-likeness (QED) is 0.159. The molecular formula is C28H29F4N3O3S. The number of thiocarbonyl (C=S) groups is 1. The second-order valence-corrected chi connectivity index (χ2v) is 10.5. The zero-order valence-corrected chi connectivity index (χ0v) is 22.9. The van der Waals surface area contributed by atoms with Gasteiger partial charge in [-0.05, 0) is 94.6 Å². The molecule has 2 aromatic carbocycles. The molecule has 0 radical (unpaired) electrons. The van der Waals surface area contributed by atoms with E-state index in [0.29, 0.717) is 25.5 Å². The molecule has 2 aromatic rings. The van der Waals surface area contributed by atoms with Crippen molar-refractivity contribution in [1.29, 1.82) is 5.26 Å². The average molecular weight is 564 g/mol. The van der Waals surface area contributed by atoms with E-state index in [-0.39, 0.29) is 22.1 Å². The van der Waals surface area contributed by atoms with E-state index in [1.165, 1.54) is 55.0 Å². The lowest BCUT2D eigenvalue weighted by atomic mass is 9.98. The molecule has 1 aliphatic rings. The normalized spacial score (nSPS) is 14.8. The maximum Gasteiger partial charge on any atom is 0.417 e. The number of nitrogens with zero attached hydrogens (tertiary/aromatic N) is 3. The average Bonchev–Trinajstić information content (AvgIpc) is 3.36. The van der Waals surface area contributed by atoms with Gasteiger partial charge in [-0.15, -0.1) is 0 Å². The number of hydrogen-bond donors (Lipinski definition) is 0. The highest BCUT2D eigenvalue weighted by Crippen LogP contribution is 2.38. The van der Waals surface area contributed by atoms with Gasteiger partial charge < -0.3 is 19.3 Å². The van der Waals surface area contributed by atoms with Gasteiger partial charge in [-0.1, -0.05) is 6.92 Å². The molecular weight excluding hydrogens is 534 g/mol. The van der Waals surface area contributed by atoms with Gasteiger partial charge in [-0.25, -0.2) is 9.18 Å². The predicted octanol–water partition coefficient (Wildman–Crippen LogP) is 6.80. The van der Waals surface area contributed by atoms with Crippen LogP contribution in [0.15, 0.2) is 36.4 Å². The summed E-state index contributed by atoms with van der Waals surface area (Å²) in [6.07, 6.45) is -0.331. The zero-order valence-electron chi connectivity index (χ0n) is 22.1. The van der Waals surface area contributed by atoms with Crippen molar-refractivity contribution in [2.24, 2.45) is 0 Å². The number of ether oxygens (including phenoxy) is 1. The minimum Gasteiger partial charge on any atom is -0.455 e. The molecule has 0 heterocycles. The monoisotopic (exact) mass is 563 g/mol. The lowest BCUT2D eigenvalue weighted by Gasteiger charge is -2.39. The number of esters is 1. The Labute approximate surface area is 230 Å². The van der Waals surface area contributed by atoms with Crippen LogP contribution in [0, 0.1) is 17.1 Å². The Bertz CT molecular complexity index is 1310. The maximum atomic E-state index is 15.3. The van der Waals surface area contributed by atoms with Crippen LogP contribution in [-0.2, 0) is 15.7 Å². The highest BCUT2D eigenvalue weighted by molar-refractivity contribution is 7.80. The first kappa shape index (κ1) is 30.0. The molecule has 1 fully saturated rings. The van der Waals surface area contributed by atoms with E-state index in [9.17, 15) is 22.8 Å². The molecule has 0 amide bonds. The number of halogens is 4. The van der Waals surface area contributed by atoms with Gasteiger partial charge >= 0.3 is 12.1 Å². The number of hydrogen-bond acceptors (Lipinski definition) is 5. The lowest BCUT2D eigenvalue weighted by molar-refractivity contribution is -0.137. The molecule has 0 aliphatic heterocycles. The summed E-state index contributed by atoms with van der Waals surface area (Å²) in [4.78, 5) is 27.4. The van der Waals surface area contributed by atoms with Crippen LogP contribution < -0.4 is 9.80 Å². The first-order valence-electron chi connectivity index (χ1n) is 12.4. The van der Waals surface area contributed by atoms with Crippen LogP contribution in [0.1, 0.15) is 74.4 Å². The summed E-state index contributed by atoms with van der Waals surface area (Å²) in [5.41, 5.74) is -3.83. The third-order valence-electron chi connectivity index (χ3n) is 7.06. The van der Waals surface area contributed by atoms with Gasteiger partial charge in [-0.3, -0.25) is 0 Å². The van der Waals surface area contributed by atoms with Crippen LogP contribution in [-0.4, -0.2) is 35.6 Å². The van der Waals surface area contributed by atoms with E-state index in [1.807, 2.05) is 6.92 Å². The van der Waals surface area contributed by atoms with Gasteiger partial charge in [0.2, 0.25) is 0 Å². The fraction of sp³-hybridized carbons (Fsp3) is 0.429. The Morgan fingerprint density at radius 2 is 1.77 bits per heavy atom. The molecule has 1 saturated carbocycles. The minimum atomic E-state index is -4.78. The third kappa shape index (κ3) is 6.22. The number of rotatable bonds is 7. The predicted molar refractivity (Wildman–Crippen MR) is 143 cm³/mol. The first-order valence-corrected chi connectivity index (χ1v) is 12.8. The van der Waals surface area contributed by atoms with Crippen molar-refractivity contribution in [2.45, 2.75) is 70.2 Å². The molecule has 1 aliphatic carbocycles. The van der Waals surface area contributed by atoms with Crippen LogP contribution in [0.3, 0.4) is 0 Å². The Morgan fingerprint density at radius 3 is 2.28 bits per heavy atom. The van der Waals surface area contributed by atoms with Gasteiger partial charge in [0.15, 0.2) is 5.11 Å². The summed E-state index contributed by atoms with van der Waals surface area (Å²) < 4.78 is 61.6. The third-order valence-corrected chi connectivity index (χ3v) is 7.51. The largest absolute Gasteiger partial charge is 0.455 e. The SMILES string of the molecule is CCC1(OC(=O)c2ccc(N(C(=S)N(C)c3ccc(C#N)c(C(F)(F)F)c3)C(C)(C)C=O)cc2F)CCCC1. The number of aldehydes is 1. The highest BCUT2D eigenvalue weighted by Gasteiger charge is 2.38. The van der Waals surface area contributed by atoms with E-state index in [4.69, 9.17) is 22.2 Å². The van der Waals surface area contributed by atoms with E-state index < -0.39 is 40.2 Å². The van der Waals surface area contributed by atoms with Crippen molar-refractivity contribution in [1.82, 2.24) is 0 Å². The number of benzene rings is 2. The molecule has 0 bridgehead atoms. The fourth-order valence-corrected chi connectivity index (χ4v) is 5.13. The molecule has 0 atom stereocenters. The Balaban J connectivity index is 1.98. The van der Waals surface area contributed by atoms with E-state index in [1.54, 1.807) is 0 Å². The zero-order chi connectivity index (χ0) is 29.2. The summed E-state index contributed by atoms with van der Waals surface area (Å²) in [6, 6.07) is 8.30. The van der Waals surface area contributed by atoms with Gasteiger partial charge in [-0.2, -0.15) is 18.4 Å². The van der Waals surface area contributed by atoms with Crippen molar-refractivity contribution in [3.05, 3.63) is 58.9 Å². The van der Waals surface area contributed by atoms with Crippen LogP contribution >= 0.6 is 12.2 Å². The van der Waals surface area contributed by atoms with Gasteiger partial charge in [0.05, 0.1) is 28.3 Å².